The second kappa shape index (κ2) is 4.75. The van der Waals surface area contributed by atoms with Gasteiger partial charge in [0, 0.05) is 40.0 Å². The molecule has 1 aromatic heterocycles. The van der Waals surface area contributed by atoms with E-state index in [-0.39, 0.29) is 5.69 Å². The molecule has 1 rings (SSSR count). The first kappa shape index (κ1) is 11.5. The molecular formula is C8H10BrNO3S. The molecule has 6 heteroatoms. The Morgan fingerprint density at radius 1 is 1.71 bits per heavy atom. The Morgan fingerprint density at radius 3 is 2.86 bits per heavy atom. The monoisotopic (exact) mass is 279 g/mol. The molecule has 0 spiro atoms. The molecule has 1 unspecified atom stereocenters. The zero-order valence-electron chi connectivity index (χ0n) is 7.57. The topological polar surface area (TPSA) is 59.3 Å². The number of rotatable bonds is 4. The number of aryl methyl sites for hydroxylation is 1. The van der Waals surface area contributed by atoms with Gasteiger partial charge in [0.25, 0.3) is 0 Å². The lowest BCUT2D eigenvalue weighted by Gasteiger charge is -2.03. The van der Waals surface area contributed by atoms with Gasteiger partial charge in [0.15, 0.2) is 0 Å². The van der Waals surface area contributed by atoms with Crippen LogP contribution in [-0.4, -0.2) is 31.9 Å². The Kier molecular flexibility index (Phi) is 3.88. The van der Waals surface area contributed by atoms with Crippen molar-refractivity contribution in [2.24, 2.45) is 0 Å². The van der Waals surface area contributed by atoms with Crippen LogP contribution in [0.1, 0.15) is 10.5 Å². The van der Waals surface area contributed by atoms with Crippen LogP contribution in [0.5, 0.6) is 0 Å². The molecule has 78 valence electrons. The average Bonchev–Trinajstić information content (AvgIpc) is 2.43. The van der Waals surface area contributed by atoms with Crippen molar-refractivity contribution in [1.82, 2.24) is 4.57 Å². The number of carboxylic acid groups (broad SMARTS) is 1. The van der Waals surface area contributed by atoms with Gasteiger partial charge in [0.2, 0.25) is 0 Å². The number of hydrogen-bond acceptors (Lipinski definition) is 2. The molecule has 4 nitrogen and oxygen atoms in total. The highest BCUT2D eigenvalue weighted by Crippen LogP contribution is 2.14. The second-order valence-corrected chi connectivity index (χ2v) is 5.29. The maximum atomic E-state index is 10.8. The third-order valence-electron chi connectivity index (χ3n) is 1.70. The first-order chi connectivity index (χ1) is 6.50. The van der Waals surface area contributed by atoms with E-state index in [1.807, 2.05) is 0 Å². The molecule has 0 aliphatic heterocycles. The SMILES string of the molecule is CS(=O)CCn1cc(Br)cc1C(=O)O. The van der Waals surface area contributed by atoms with Crippen LogP contribution in [0.15, 0.2) is 16.7 Å². The van der Waals surface area contributed by atoms with Gasteiger partial charge >= 0.3 is 5.97 Å². The van der Waals surface area contributed by atoms with E-state index in [4.69, 9.17) is 5.11 Å². The number of aromatic nitrogens is 1. The fourth-order valence-electron chi connectivity index (χ4n) is 1.07. The first-order valence-corrected chi connectivity index (χ1v) is 6.41. The summed E-state index contributed by atoms with van der Waals surface area (Å²) in [5.74, 6) is -0.515. The van der Waals surface area contributed by atoms with Gasteiger partial charge in [-0.3, -0.25) is 4.21 Å². The van der Waals surface area contributed by atoms with Crippen LogP contribution in [0.4, 0.5) is 0 Å². The van der Waals surface area contributed by atoms with E-state index in [0.717, 1.165) is 4.47 Å². The molecule has 0 aromatic carbocycles. The van der Waals surface area contributed by atoms with E-state index in [0.29, 0.717) is 12.3 Å². The van der Waals surface area contributed by atoms with Crippen molar-refractivity contribution < 1.29 is 14.1 Å². The molecular weight excluding hydrogens is 270 g/mol. The zero-order valence-corrected chi connectivity index (χ0v) is 9.97. The van der Waals surface area contributed by atoms with Crippen LogP contribution < -0.4 is 0 Å². The highest BCUT2D eigenvalue weighted by Gasteiger charge is 2.11. The molecule has 1 heterocycles. The van der Waals surface area contributed by atoms with Crippen molar-refractivity contribution in [3.8, 4) is 0 Å². The van der Waals surface area contributed by atoms with Crippen LogP contribution in [0.25, 0.3) is 0 Å². The maximum absolute atomic E-state index is 10.8. The van der Waals surface area contributed by atoms with Crippen molar-refractivity contribution in [3.05, 3.63) is 22.4 Å². The van der Waals surface area contributed by atoms with Gasteiger partial charge < -0.3 is 9.67 Å². The Balaban J connectivity index is 2.84. The lowest BCUT2D eigenvalue weighted by atomic mass is 10.4. The second-order valence-electron chi connectivity index (χ2n) is 2.82. The first-order valence-electron chi connectivity index (χ1n) is 3.89. The van der Waals surface area contributed by atoms with Gasteiger partial charge in [-0.05, 0) is 22.0 Å². The van der Waals surface area contributed by atoms with E-state index in [2.05, 4.69) is 15.9 Å². The summed E-state index contributed by atoms with van der Waals surface area (Å²) in [6.07, 6.45) is 3.27. The molecule has 0 radical (unpaired) electrons. The van der Waals surface area contributed by atoms with Gasteiger partial charge in [0.05, 0.1) is 0 Å². The number of aromatic carboxylic acids is 1. The van der Waals surface area contributed by atoms with Gasteiger partial charge in [-0.2, -0.15) is 0 Å². The minimum atomic E-state index is -0.974. The summed E-state index contributed by atoms with van der Waals surface area (Å²) >= 11 is 3.20. The van der Waals surface area contributed by atoms with Crippen molar-refractivity contribution >= 4 is 32.7 Å². The summed E-state index contributed by atoms with van der Waals surface area (Å²) in [5.41, 5.74) is 0.210. The maximum Gasteiger partial charge on any atom is 0.352 e. The van der Waals surface area contributed by atoms with E-state index >= 15 is 0 Å². The largest absolute Gasteiger partial charge is 0.477 e. The number of hydrogen-bond donors (Lipinski definition) is 1. The third kappa shape index (κ3) is 2.95. The Morgan fingerprint density at radius 2 is 2.36 bits per heavy atom. The fraction of sp³-hybridized carbons (Fsp3) is 0.375. The lowest BCUT2D eigenvalue weighted by Crippen LogP contribution is -2.11. The molecule has 0 fully saturated rings. The molecule has 0 saturated heterocycles. The third-order valence-corrected chi connectivity index (χ3v) is 2.89. The predicted molar refractivity (Wildman–Crippen MR) is 58.0 cm³/mol. The lowest BCUT2D eigenvalue weighted by molar-refractivity contribution is 0.0685. The van der Waals surface area contributed by atoms with Crippen LogP contribution in [0.3, 0.4) is 0 Å². The fourth-order valence-corrected chi connectivity index (χ4v) is 1.98. The van der Waals surface area contributed by atoms with Gasteiger partial charge in [-0.25, -0.2) is 4.79 Å². The summed E-state index contributed by atoms with van der Waals surface area (Å²) < 4.78 is 13.1. The summed E-state index contributed by atoms with van der Waals surface area (Å²) in [4.78, 5) is 10.8. The molecule has 1 aromatic rings. The molecule has 1 N–H and O–H groups in total. The molecule has 1 atom stereocenters. The van der Waals surface area contributed by atoms with E-state index in [1.54, 1.807) is 17.0 Å². The molecule has 0 aliphatic carbocycles. The highest BCUT2D eigenvalue weighted by atomic mass is 79.9. The zero-order chi connectivity index (χ0) is 10.7. The highest BCUT2D eigenvalue weighted by molar-refractivity contribution is 9.10. The Labute approximate surface area is 92.5 Å². The summed E-state index contributed by atoms with van der Waals surface area (Å²) in [6.45, 7) is 0.455. The summed E-state index contributed by atoms with van der Waals surface area (Å²) in [7, 11) is -0.907. The van der Waals surface area contributed by atoms with Crippen molar-refractivity contribution in [3.63, 3.8) is 0 Å². The molecule has 0 amide bonds. The minimum Gasteiger partial charge on any atom is -0.477 e. The van der Waals surface area contributed by atoms with Crippen LogP contribution in [0, 0.1) is 0 Å². The Hall–Kier alpha value is -0.620. The van der Waals surface area contributed by atoms with Gasteiger partial charge in [0.1, 0.15) is 5.69 Å². The van der Waals surface area contributed by atoms with Gasteiger partial charge in [-0.15, -0.1) is 0 Å². The number of carboxylic acids is 1. The van der Waals surface area contributed by atoms with Crippen LogP contribution >= 0.6 is 15.9 Å². The Bertz CT molecular complexity index is 375. The predicted octanol–water partition coefficient (Wildman–Crippen LogP) is 1.33. The number of carbonyl (C=O) groups is 1. The quantitative estimate of drug-likeness (QED) is 0.905. The molecule has 0 aliphatic rings. The number of halogens is 1. The van der Waals surface area contributed by atoms with E-state index in [9.17, 15) is 9.00 Å². The van der Waals surface area contributed by atoms with E-state index in [1.165, 1.54) is 6.07 Å². The smallest absolute Gasteiger partial charge is 0.352 e. The molecule has 0 bridgehead atoms. The normalized spacial score (nSPS) is 12.7. The standard InChI is InChI=1S/C8H10BrNO3S/c1-14(13)3-2-10-5-6(9)4-7(10)8(11)12/h4-5H,2-3H2,1H3,(H,11,12). The summed E-state index contributed by atoms with van der Waals surface area (Å²) in [6, 6.07) is 1.53. The van der Waals surface area contributed by atoms with Gasteiger partial charge in [-0.1, -0.05) is 0 Å². The molecule has 14 heavy (non-hydrogen) atoms. The average molecular weight is 280 g/mol. The van der Waals surface area contributed by atoms with Crippen LogP contribution in [0.2, 0.25) is 0 Å². The molecule has 0 saturated carbocycles. The van der Waals surface area contributed by atoms with Crippen molar-refractivity contribution in [1.29, 1.82) is 0 Å². The number of nitrogens with zero attached hydrogens (tertiary/aromatic N) is 1. The minimum absolute atomic E-state index is 0.210. The van der Waals surface area contributed by atoms with Crippen molar-refractivity contribution in [2.45, 2.75) is 6.54 Å². The van der Waals surface area contributed by atoms with Crippen molar-refractivity contribution in [2.75, 3.05) is 12.0 Å². The van der Waals surface area contributed by atoms with E-state index < -0.39 is 16.8 Å². The summed E-state index contributed by atoms with van der Waals surface area (Å²) in [5, 5.41) is 8.83. The van der Waals surface area contributed by atoms with Crippen LogP contribution in [-0.2, 0) is 17.3 Å².